The Morgan fingerprint density at radius 1 is 1.86 bits per heavy atom. The number of hydrogen-bond donors (Lipinski definition) is 0. The van der Waals surface area contributed by atoms with E-state index in [1.54, 1.807) is 0 Å². The Morgan fingerprint density at radius 3 is 2.71 bits per heavy atom. The Morgan fingerprint density at radius 2 is 2.57 bits per heavy atom. The molecule has 0 spiro atoms. The van der Waals surface area contributed by atoms with Crippen molar-refractivity contribution < 1.29 is 4.39 Å². The summed E-state index contributed by atoms with van der Waals surface area (Å²) in [7, 11) is 0. The molecule has 0 nitrogen and oxygen atoms in total. The lowest BCUT2D eigenvalue weighted by molar-refractivity contribution is 0.633. The zero-order chi connectivity index (χ0) is 5.28. The molecule has 1 radical (unpaired) electrons. The fraction of sp³-hybridized carbons (Fsp3) is 0. The van der Waals surface area contributed by atoms with Crippen molar-refractivity contribution in [3.05, 3.63) is 21.6 Å². The number of halogens is 2. The van der Waals surface area contributed by atoms with Gasteiger partial charge >= 0.3 is 0 Å². The Labute approximate surface area is 49.5 Å². The third kappa shape index (κ3) is 0.924. The van der Waals surface area contributed by atoms with Gasteiger partial charge < -0.3 is 0 Å². The minimum atomic E-state index is -0.383. The third-order valence-corrected chi connectivity index (χ3v) is 1.55. The first-order valence-corrected chi connectivity index (χ1v) is 2.86. The highest BCUT2D eigenvalue weighted by Crippen LogP contribution is 2.16. The van der Waals surface area contributed by atoms with Crippen LogP contribution < -0.4 is 0 Å². The van der Waals surface area contributed by atoms with Crippen molar-refractivity contribution in [3.63, 3.8) is 0 Å². The van der Waals surface area contributed by atoms with E-state index in [0.29, 0.717) is 0 Å². The van der Waals surface area contributed by atoms with Crippen molar-refractivity contribution in [2.75, 3.05) is 0 Å². The van der Waals surface area contributed by atoms with Crippen LogP contribution in [0.25, 0.3) is 0 Å². The summed E-state index contributed by atoms with van der Waals surface area (Å²) in [6.07, 6.45) is 0. The molecule has 37 valence electrons. The highest BCUT2D eigenvalue weighted by atomic mass is 35.5. The van der Waals surface area contributed by atoms with Crippen molar-refractivity contribution >= 4 is 22.9 Å². The van der Waals surface area contributed by atoms with E-state index < -0.39 is 0 Å². The number of rotatable bonds is 0. The smallest absolute Gasteiger partial charge is 0.153 e. The minimum Gasteiger partial charge on any atom is -0.204 e. The van der Waals surface area contributed by atoms with E-state index in [0.717, 1.165) is 11.3 Å². The minimum absolute atomic E-state index is 0.0880. The normalized spacial score (nSPS) is 9.43. The second kappa shape index (κ2) is 1.80. The van der Waals surface area contributed by atoms with Gasteiger partial charge in [0, 0.05) is 5.38 Å². The van der Waals surface area contributed by atoms with Gasteiger partial charge in [-0.3, -0.25) is 0 Å². The molecule has 1 aromatic heterocycles. The van der Waals surface area contributed by atoms with Gasteiger partial charge in [-0.2, -0.15) is 0 Å². The van der Waals surface area contributed by atoms with Gasteiger partial charge in [0.15, 0.2) is 5.82 Å². The summed E-state index contributed by atoms with van der Waals surface area (Å²) in [6.45, 7) is 0. The van der Waals surface area contributed by atoms with Gasteiger partial charge in [-0.05, 0) is 0 Å². The Hall–Kier alpha value is -0.0800. The van der Waals surface area contributed by atoms with Gasteiger partial charge in [-0.15, -0.1) is 11.3 Å². The lowest BCUT2D eigenvalue weighted by Crippen LogP contribution is -1.57. The molecule has 0 bridgehead atoms. The van der Waals surface area contributed by atoms with Crippen molar-refractivity contribution in [1.29, 1.82) is 0 Å². The molecule has 0 fully saturated rings. The first-order chi connectivity index (χ1) is 3.30. The van der Waals surface area contributed by atoms with E-state index in [4.69, 9.17) is 11.6 Å². The summed E-state index contributed by atoms with van der Waals surface area (Å²) in [5.41, 5.74) is 0. The van der Waals surface area contributed by atoms with Crippen molar-refractivity contribution in [2.45, 2.75) is 0 Å². The summed E-state index contributed by atoms with van der Waals surface area (Å²) < 4.78 is 11.9. The molecule has 0 amide bonds. The average Bonchev–Trinajstić information content (AvgIpc) is 1.91. The van der Waals surface area contributed by atoms with Crippen LogP contribution in [-0.4, -0.2) is 0 Å². The molecule has 1 heterocycles. The molecule has 1 rings (SSSR count). The molecule has 0 aromatic carbocycles. The molecule has 0 aliphatic carbocycles. The van der Waals surface area contributed by atoms with Gasteiger partial charge in [0.1, 0.15) is 0 Å². The SMILES string of the molecule is Fc1cs[c]c1Cl. The van der Waals surface area contributed by atoms with Crippen molar-refractivity contribution in [1.82, 2.24) is 0 Å². The molecule has 0 atom stereocenters. The van der Waals surface area contributed by atoms with Crippen LogP contribution in [0, 0.1) is 11.2 Å². The molecule has 1 aromatic rings. The Kier molecular flexibility index (Phi) is 1.30. The van der Waals surface area contributed by atoms with E-state index in [1.807, 2.05) is 0 Å². The summed E-state index contributed by atoms with van der Waals surface area (Å²) in [6, 6.07) is 0. The van der Waals surface area contributed by atoms with Gasteiger partial charge in [-0.25, -0.2) is 4.39 Å². The summed E-state index contributed by atoms with van der Waals surface area (Å²) >= 11 is 6.34. The molecule has 0 aliphatic heterocycles. The van der Waals surface area contributed by atoms with E-state index in [1.165, 1.54) is 5.38 Å². The van der Waals surface area contributed by atoms with E-state index in [2.05, 4.69) is 5.38 Å². The van der Waals surface area contributed by atoms with Crippen LogP contribution in [0.5, 0.6) is 0 Å². The summed E-state index contributed by atoms with van der Waals surface area (Å²) in [5.74, 6) is -0.383. The van der Waals surface area contributed by atoms with Crippen LogP contribution in [0.3, 0.4) is 0 Å². The molecule has 0 unspecified atom stereocenters. The summed E-state index contributed by atoms with van der Waals surface area (Å²) in [5, 5.41) is 3.90. The molecule has 3 heteroatoms. The van der Waals surface area contributed by atoms with E-state index in [-0.39, 0.29) is 10.8 Å². The molecular formula is C4HClFS. The van der Waals surface area contributed by atoms with Gasteiger partial charge in [0.05, 0.1) is 10.4 Å². The number of thiophene rings is 1. The maximum Gasteiger partial charge on any atom is 0.153 e. The fourth-order valence-corrected chi connectivity index (χ4v) is 0.968. The third-order valence-electron chi connectivity index (χ3n) is 0.521. The second-order valence-corrected chi connectivity index (χ2v) is 2.05. The van der Waals surface area contributed by atoms with Gasteiger partial charge in [-0.1, -0.05) is 11.6 Å². The van der Waals surface area contributed by atoms with E-state index >= 15 is 0 Å². The maximum atomic E-state index is 11.9. The zero-order valence-electron chi connectivity index (χ0n) is 3.24. The molecule has 0 saturated heterocycles. The van der Waals surface area contributed by atoms with Crippen LogP contribution in [0.2, 0.25) is 5.02 Å². The van der Waals surface area contributed by atoms with Crippen LogP contribution in [-0.2, 0) is 0 Å². The van der Waals surface area contributed by atoms with Crippen molar-refractivity contribution in [3.8, 4) is 0 Å². The molecule has 0 N–H and O–H groups in total. The van der Waals surface area contributed by atoms with Gasteiger partial charge in [0.25, 0.3) is 0 Å². The van der Waals surface area contributed by atoms with Crippen molar-refractivity contribution in [2.24, 2.45) is 0 Å². The Balaban J connectivity index is 3.12. The lowest BCUT2D eigenvalue weighted by atomic mass is 10.6. The highest BCUT2D eigenvalue weighted by molar-refractivity contribution is 7.07. The fourth-order valence-electron chi connectivity index (χ4n) is 0.233. The van der Waals surface area contributed by atoms with Crippen LogP contribution in [0.15, 0.2) is 5.38 Å². The highest BCUT2D eigenvalue weighted by Gasteiger charge is 1.95. The molecule has 0 aliphatic rings. The Bertz CT molecular complexity index is 144. The first kappa shape index (κ1) is 5.06. The standard InChI is InChI=1S/C4HClFS/c5-3-1-7-2-4(3)6/h2H. The average molecular weight is 136 g/mol. The maximum absolute atomic E-state index is 11.9. The second-order valence-electron chi connectivity index (χ2n) is 1.000. The monoisotopic (exact) mass is 135 g/mol. The molecule has 0 saturated carbocycles. The largest absolute Gasteiger partial charge is 0.204 e. The zero-order valence-corrected chi connectivity index (χ0v) is 4.81. The number of hydrogen-bond acceptors (Lipinski definition) is 1. The predicted octanol–water partition coefficient (Wildman–Crippen LogP) is 2.34. The van der Waals surface area contributed by atoms with Crippen LogP contribution in [0.1, 0.15) is 0 Å². The quantitative estimate of drug-likeness (QED) is 0.512. The van der Waals surface area contributed by atoms with Crippen LogP contribution in [0.4, 0.5) is 4.39 Å². The molecule has 7 heavy (non-hydrogen) atoms. The summed E-state index contributed by atoms with van der Waals surface area (Å²) in [4.78, 5) is 0. The molecular weight excluding hydrogens is 135 g/mol. The first-order valence-electron chi connectivity index (χ1n) is 1.61. The predicted molar refractivity (Wildman–Crippen MR) is 28.1 cm³/mol. The topological polar surface area (TPSA) is 0 Å². The van der Waals surface area contributed by atoms with Crippen LogP contribution >= 0.6 is 22.9 Å². The van der Waals surface area contributed by atoms with E-state index in [9.17, 15) is 4.39 Å². The lowest BCUT2D eigenvalue weighted by Gasteiger charge is -1.71. The van der Waals surface area contributed by atoms with Gasteiger partial charge in [0.2, 0.25) is 0 Å².